The Hall–Kier alpha value is -1.96. The first-order chi connectivity index (χ1) is 12.4. The summed E-state index contributed by atoms with van der Waals surface area (Å²) in [7, 11) is 1.71. The Kier molecular flexibility index (Phi) is 5.90. The van der Waals surface area contributed by atoms with Gasteiger partial charge in [0.25, 0.3) is 0 Å². The third-order valence-corrected chi connectivity index (χ3v) is 4.97. The number of anilines is 2. The molecule has 0 aliphatic carbocycles. The fraction of sp³-hybridized carbons (Fsp3) is 0.263. The van der Waals surface area contributed by atoms with Crippen molar-refractivity contribution in [2.75, 3.05) is 12.4 Å². The smallest absolute Gasteiger partial charge is 0.188 e. The first-order valence-corrected chi connectivity index (χ1v) is 9.77. The quantitative estimate of drug-likeness (QED) is 0.509. The van der Waals surface area contributed by atoms with E-state index in [-0.39, 0.29) is 5.60 Å². The predicted molar refractivity (Wildman–Crippen MR) is 109 cm³/mol. The van der Waals surface area contributed by atoms with Crippen LogP contribution in [-0.2, 0) is 11.2 Å². The monoisotopic (exact) mass is 433 g/mol. The number of nitrogens with zero attached hydrogens (tertiary/aromatic N) is 2. The van der Waals surface area contributed by atoms with Gasteiger partial charge in [0.2, 0.25) is 0 Å². The van der Waals surface area contributed by atoms with Crippen LogP contribution >= 0.6 is 27.3 Å². The molecule has 0 fully saturated rings. The number of thiazole rings is 1. The number of ether oxygens (including phenoxy) is 2. The fourth-order valence-electron chi connectivity index (χ4n) is 2.26. The Morgan fingerprint density at radius 2 is 2.00 bits per heavy atom. The molecule has 3 rings (SSSR count). The van der Waals surface area contributed by atoms with Crippen LogP contribution < -0.4 is 10.1 Å². The van der Waals surface area contributed by atoms with Crippen LogP contribution in [0.15, 0.2) is 52.4 Å². The minimum absolute atomic E-state index is 0.247. The van der Waals surface area contributed by atoms with Gasteiger partial charge in [-0.15, -0.1) is 11.3 Å². The van der Waals surface area contributed by atoms with Crippen LogP contribution in [0.1, 0.15) is 19.5 Å². The molecule has 0 spiro atoms. The van der Waals surface area contributed by atoms with E-state index in [0.29, 0.717) is 11.6 Å². The number of rotatable bonds is 7. The molecule has 2 aromatic heterocycles. The Labute approximate surface area is 165 Å². The average molecular weight is 434 g/mol. The molecule has 0 bridgehead atoms. The molecule has 26 heavy (non-hydrogen) atoms. The van der Waals surface area contributed by atoms with Crippen molar-refractivity contribution in [1.82, 2.24) is 9.97 Å². The van der Waals surface area contributed by atoms with Gasteiger partial charge in [-0.25, -0.2) is 9.97 Å². The molecule has 136 valence electrons. The topological polar surface area (TPSA) is 56.3 Å². The lowest BCUT2D eigenvalue weighted by molar-refractivity contribution is 0.0225. The van der Waals surface area contributed by atoms with Crippen molar-refractivity contribution in [1.29, 1.82) is 0 Å². The zero-order chi connectivity index (χ0) is 18.6. The molecule has 2 heterocycles. The van der Waals surface area contributed by atoms with Crippen LogP contribution in [0, 0.1) is 0 Å². The highest BCUT2D eigenvalue weighted by atomic mass is 79.9. The average Bonchev–Trinajstić information content (AvgIpc) is 3.04. The maximum atomic E-state index is 5.97. The van der Waals surface area contributed by atoms with Crippen LogP contribution in [0.4, 0.5) is 10.9 Å². The SMILES string of the molecule is COC(C)(C)Cc1csc(Nc2ncc(Br)cc2Oc2ccccc2)n1. The normalized spacial score (nSPS) is 11.4. The lowest BCUT2D eigenvalue weighted by Gasteiger charge is -2.21. The number of hydrogen-bond acceptors (Lipinski definition) is 6. The number of para-hydroxylation sites is 1. The highest BCUT2D eigenvalue weighted by Gasteiger charge is 2.19. The number of pyridine rings is 1. The van der Waals surface area contributed by atoms with Gasteiger partial charge in [0, 0.05) is 35.6 Å². The van der Waals surface area contributed by atoms with Crippen molar-refractivity contribution >= 4 is 38.2 Å². The molecule has 1 aromatic carbocycles. The lowest BCUT2D eigenvalue weighted by Crippen LogP contribution is -2.25. The van der Waals surface area contributed by atoms with Crippen molar-refractivity contribution in [3.8, 4) is 11.5 Å². The second-order valence-electron chi connectivity index (χ2n) is 6.32. The zero-order valence-corrected chi connectivity index (χ0v) is 17.2. The van der Waals surface area contributed by atoms with E-state index in [1.165, 1.54) is 11.3 Å². The summed E-state index contributed by atoms with van der Waals surface area (Å²) in [5, 5.41) is 6.04. The molecule has 5 nitrogen and oxygen atoms in total. The number of halogens is 1. The number of aromatic nitrogens is 2. The molecule has 0 atom stereocenters. The Balaban J connectivity index is 1.79. The van der Waals surface area contributed by atoms with Crippen LogP contribution in [0.25, 0.3) is 0 Å². The highest BCUT2D eigenvalue weighted by Crippen LogP contribution is 2.33. The van der Waals surface area contributed by atoms with Crippen molar-refractivity contribution < 1.29 is 9.47 Å². The van der Waals surface area contributed by atoms with Gasteiger partial charge in [-0.3, -0.25) is 0 Å². The molecule has 0 radical (unpaired) electrons. The van der Waals surface area contributed by atoms with Gasteiger partial charge in [0.1, 0.15) is 5.75 Å². The lowest BCUT2D eigenvalue weighted by atomic mass is 10.0. The van der Waals surface area contributed by atoms with E-state index < -0.39 is 0 Å². The van der Waals surface area contributed by atoms with E-state index in [9.17, 15) is 0 Å². The number of benzene rings is 1. The fourth-order valence-corrected chi connectivity index (χ4v) is 3.28. The minimum atomic E-state index is -0.247. The molecule has 7 heteroatoms. The summed E-state index contributed by atoms with van der Waals surface area (Å²) in [6, 6.07) is 11.5. The van der Waals surface area contributed by atoms with E-state index in [2.05, 4.69) is 31.2 Å². The molecule has 0 saturated heterocycles. The molecule has 0 unspecified atom stereocenters. The molecular formula is C19H20BrN3O2S. The van der Waals surface area contributed by atoms with Crippen molar-refractivity contribution in [2.45, 2.75) is 25.9 Å². The van der Waals surface area contributed by atoms with Gasteiger partial charge in [-0.05, 0) is 41.9 Å². The molecule has 0 saturated carbocycles. The standard InChI is InChI=1S/C19H20BrN3O2S/c1-19(2,24-3)10-14-12-26-18(22-14)23-17-16(9-13(20)11-21-17)25-15-7-5-4-6-8-15/h4-9,11-12H,10H2,1-3H3,(H,21,22,23). The van der Waals surface area contributed by atoms with Crippen molar-refractivity contribution in [3.63, 3.8) is 0 Å². The predicted octanol–water partition coefficient (Wildman–Crippen LogP) is 5.80. The van der Waals surface area contributed by atoms with Gasteiger partial charge in [0.15, 0.2) is 16.7 Å². The molecule has 3 aromatic rings. The van der Waals surface area contributed by atoms with E-state index in [1.54, 1.807) is 13.3 Å². The van der Waals surface area contributed by atoms with Gasteiger partial charge < -0.3 is 14.8 Å². The van der Waals surface area contributed by atoms with Crippen molar-refractivity contribution in [2.24, 2.45) is 0 Å². The van der Waals surface area contributed by atoms with E-state index in [0.717, 1.165) is 27.5 Å². The maximum absolute atomic E-state index is 5.97. The first kappa shape index (κ1) is 18.8. The van der Waals surface area contributed by atoms with Crippen molar-refractivity contribution in [3.05, 3.63) is 58.1 Å². The van der Waals surface area contributed by atoms with Gasteiger partial charge >= 0.3 is 0 Å². The summed E-state index contributed by atoms with van der Waals surface area (Å²) >= 11 is 4.97. The van der Waals surface area contributed by atoms with Gasteiger partial charge in [-0.2, -0.15) is 0 Å². The minimum Gasteiger partial charge on any atom is -0.453 e. The highest BCUT2D eigenvalue weighted by molar-refractivity contribution is 9.10. The summed E-state index contributed by atoms with van der Waals surface area (Å²) in [5.74, 6) is 1.99. The summed E-state index contributed by atoms with van der Waals surface area (Å²) in [6.07, 6.45) is 2.46. The summed E-state index contributed by atoms with van der Waals surface area (Å²) < 4.78 is 12.3. The third-order valence-electron chi connectivity index (χ3n) is 3.73. The van der Waals surface area contributed by atoms with Gasteiger partial charge in [-0.1, -0.05) is 18.2 Å². The molecule has 0 aliphatic rings. The second kappa shape index (κ2) is 8.16. The Bertz CT molecular complexity index is 868. The maximum Gasteiger partial charge on any atom is 0.188 e. The van der Waals surface area contributed by atoms with E-state index in [4.69, 9.17) is 9.47 Å². The van der Waals surface area contributed by atoms with Crippen LogP contribution in [0.2, 0.25) is 0 Å². The molecule has 0 aliphatic heterocycles. The Morgan fingerprint density at radius 1 is 1.23 bits per heavy atom. The number of methoxy groups -OCH3 is 1. The molecule has 1 N–H and O–H groups in total. The first-order valence-electron chi connectivity index (χ1n) is 8.10. The van der Waals surface area contributed by atoms with E-state index in [1.807, 2.05) is 55.6 Å². The Morgan fingerprint density at radius 3 is 2.73 bits per heavy atom. The zero-order valence-electron chi connectivity index (χ0n) is 14.8. The van der Waals surface area contributed by atoms with Gasteiger partial charge in [0.05, 0.1) is 11.3 Å². The molecular weight excluding hydrogens is 414 g/mol. The third kappa shape index (κ3) is 5.03. The van der Waals surface area contributed by atoms with E-state index >= 15 is 0 Å². The second-order valence-corrected chi connectivity index (χ2v) is 8.10. The van der Waals surface area contributed by atoms with Crippen LogP contribution in [0.3, 0.4) is 0 Å². The summed E-state index contributed by atoms with van der Waals surface area (Å²) in [5.41, 5.74) is 0.731. The van der Waals surface area contributed by atoms with Crippen LogP contribution in [0.5, 0.6) is 11.5 Å². The summed E-state index contributed by atoms with van der Waals surface area (Å²) in [6.45, 7) is 4.09. The largest absolute Gasteiger partial charge is 0.453 e. The van der Waals surface area contributed by atoms with Crippen LogP contribution in [-0.4, -0.2) is 22.7 Å². The molecule has 0 amide bonds. The number of nitrogens with one attached hydrogen (secondary N) is 1. The number of hydrogen-bond donors (Lipinski definition) is 1. The summed E-state index contributed by atoms with van der Waals surface area (Å²) in [4.78, 5) is 9.06.